The summed E-state index contributed by atoms with van der Waals surface area (Å²) in [4.78, 5) is 4.43. The molecule has 1 aromatic heterocycles. The first-order chi connectivity index (χ1) is 8.70. The van der Waals surface area contributed by atoms with Crippen LogP contribution in [0.25, 0.3) is 11.4 Å². The van der Waals surface area contributed by atoms with Gasteiger partial charge in [0.2, 0.25) is 11.7 Å². The molecule has 1 heterocycles. The molecular weight excluding hydrogens is 226 g/mol. The lowest BCUT2D eigenvalue weighted by atomic mass is 10.1. The highest BCUT2D eigenvalue weighted by Gasteiger charge is 2.14. The summed E-state index contributed by atoms with van der Waals surface area (Å²) >= 11 is 0. The Bertz CT molecular complexity index is 507. The largest absolute Gasteiger partial charge is 0.337 e. The number of nitrogens with zero attached hydrogens (tertiary/aromatic N) is 2. The molecule has 0 spiro atoms. The van der Waals surface area contributed by atoms with E-state index in [0.717, 1.165) is 18.5 Å². The fourth-order valence-corrected chi connectivity index (χ4v) is 1.76. The smallest absolute Gasteiger partial charge is 0.243 e. The highest BCUT2D eigenvalue weighted by Crippen LogP contribution is 2.19. The van der Waals surface area contributed by atoms with Crippen molar-refractivity contribution in [1.82, 2.24) is 15.5 Å². The molecule has 0 saturated carbocycles. The minimum atomic E-state index is 0.0935. The van der Waals surface area contributed by atoms with Gasteiger partial charge in [-0.1, -0.05) is 35.8 Å². The molecule has 0 aliphatic heterocycles. The van der Waals surface area contributed by atoms with Gasteiger partial charge in [-0.15, -0.1) is 0 Å². The lowest BCUT2D eigenvalue weighted by Gasteiger charge is -2.06. The van der Waals surface area contributed by atoms with Crippen molar-refractivity contribution in [3.05, 3.63) is 35.7 Å². The molecular formula is C14H19N3O. The van der Waals surface area contributed by atoms with Crippen LogP contribution in [0.1, 0.15) is 37.8 Å². The van der Waals surface area contributed by atoms with E-state index in [1.165, 1.54) is 5.56 Å². The van der Waals surface area contributed by atoms with Crippen molar-refractivity contribution in [3.8, 4) is 11.4 Å². The molecule has 4 nitrogen and oxygen atoms in total. The number of rotatable bonds is 5. The third-order valence-electron chi connectivity index (χ3n) is 2.79. The number of aromatic nitrogens is 2. The zero-order valence-corrected chi connectivity index (χ0v) is 11.1. The molecule has 18 heavy (non-hydrogen) atoms. The van der Waals surface area contributed by atoms with Gasteiger partial charge in [-0.2, -0.15) is 4.98 Å². The Kier molecular flexibility index (Phi) is 4.10. The summed E-state index contributed by atoms with van der Waals surface area (Å²) in [5.74, 6) is 1.29. The van der Waals surface area contributed by atoms with Crippen molar-refractivity contribution in [2.45, 2.75) is 33.2 Å². The topological polar surface area (TPSA) is 51.0 Å². The van der Waals surface area contributed by atoms with Crippen LogP contribution in [0.4, 0.5) is 0 Å². The maximum absolute atomic E-state index is 5.29. The van der Waals surface area contributed by atoms with Gasteiger partial charge in [0.1, 0.15) is 0 Å². The molecule has 4 heteroatoms. The van der Waals surface area contributed by atoms with E-state index in [1.54, 1.807) is 0 Å². The summed E-state index contributed by atoms with van der Waals surface area (Å²) in [7, 11) is 0. The Balaban J connectivity index is 2.15. The zero-order valence-electron chi connectivity index (χ0n) is 11.1. The average Bonchev–Trinajstić information content (AvgIpc) is 2.85. The molecule has 1 N–H and O–H groups in total. The van der Waals surface area contributed by atoms with Gasteiger partial charge in [-0.25, -0.2) is 0 Å². The molecule has 0 amide bonds. The fourth-order valence-electron chi connectivity index (χ4n) is 1.76. The highest BCUT2D eigenvalue weighted by molar-refractivity contribution is 5.55. The predicted molar refractivity (Wildman–Crippen MR) is 71.2 cm³/mol. The molecule has 96 valence electrons. The summed E-state index contributed by atoms with van der Waals surface area (Å²) < 4.78 is 5.29. The number of benzene rings is 1. The highest BCUT2D eigenvalue weighted by atomic mass is 16.5. The summed E-state index contributed by atoms with van der Waals surface area (Å²) in [6.45, 7) is 7.16. The maximum atomic E-state index is 5.29. The van der Waals surface area contributed by atoms with Gasteiger partial charge in [0.15, 0.2) is 0 Å². The van der Waals surface area contributed by atoms with Gasteiger partial charge in [-0.3, -0.25) is 0 Å². The second-order valence-corrected chi connectivity index (χ2v) is 4.50. The monoisotopic (exact) mass is 245 g/mol. The van der Waals surface area contributed by atoms with Crippen molar-refractivity contribution in [2.24, 2.45) is 0 Å². The van der Waals surface area contributed by atoms with E-state index in [0.29, 0.717) is 11.7 Å². The van der Waals surface area contributed by atoms with Crippen LogP contribution in [0.5, 0.6) is 0 Å². The van der Waals surface area contributed by atoms with Crippen LogP contribution >= 0.6 is 0 Å². The van der Waals surface area contributed by atoms with E-state index in [1.807, 2.05) is 19.1 Å². The molecule has 2 rings (SSSR count). The van der Waals surface area contributed by atoms with Crippen LogP contribution in [-0.4, -0.2) is 16.7 Å². The first kappa shape index (κ1) is 12.8. The van der Waals surface area contributed by atoms with Crippen molar-refractivity contribution in [2.75, 3.05) is 6.54 Å². The maximum Gasteiger partial charge on any atom is 0.243 e. The van der Waals surface area contributed by atoms with Crippen LogP contribution < -0.4 is 5.32 Å². The quantitative estimate of drug-likeness (QED) is 0.879. The Labute approximate surface area is 107 Å². The minimum Gasteiger partial charge on any atom is -0.337 e. The van der Waals surface area contributed by atoms with E-state index < -0.39 is 0 Å². The normalized spacial score (nSPS) is 12.6. The van der Waals surface area contributed by atoms with Crippen molar-refractivity contribution < 1.29 is 4.52 Å². The first-order valence-electron chi connectivity index (χ1n) is 6.34. The molecule has 0 fully saturated rings. The molecule has 0 aliphatic carbocycles. The molecule has 0 saturated heterocycles. The van der Waals surface area contributed by atoms with E-state index in [9.17, 15) is 0 Å². The van der Waals surface area contributed by atoms with Crippen LogP contribution in [0.3, 0.4) is 0 Å². The van der Waals surface area contributed by atoms with Crippen molar-refractivity contribution in [1.29, 1.82) is 0 Å². The first-order valence-corrected chi connectivity index (χ1v) is 6.34. The lowest BCUT2D eigenvalue weighted by molar-refractivity contribution is 0.340. The Morgan fingerprint density at radius 1 is 1.39 bits per heavy atom. The van der Waals surface area contributed by atoms with Gasteiger partial charge in [0.05, 0.1) is 6.04 Å². The zero-order chi connectivity index (χ0) is 13.0. The van der Waals surface area contributed by atoms with Crippen LogP contribution in [0, 0.1) is 6.92 Å². The van der Waals surface area contributed by atoms with Gasteiger partial charge in [0.25, 0.3) is 0 Å². The Morgan fingerprint density at radius 2 is 2.22 bits per heavy atom. The second-order valence-electron chi connectivity index (χ2n) is 4.50. The van der Waals surface area contributed by atoms with Crippen LogP contribution in [0.2, 0.25) is 0 Å². The third-order valence-corrected chi connectivity index (χ3v) is 2.79. The van der Waals surface area contributed by atoms with E-state index in [2.05, 4.69) is 41.4 Å². The minimum absolute atomic E-state index is 0.0935. The summed E-state index contributed by atoms with van der Waals surface area (Å²) in [5.41, 5.74) is 2.18. The van der Waals surface area contributed by atoms with Crippen LogP contribution in [0.15, 0.2) is 28.8 Å². The number of hydrogen-bond acceptors (Lipinski definition) is 4. The van der Waals surface area contributed by atoms with Gasteiger partial charge < -0.3 is 9.84 Å². The molecule has 0 radical (unpaired) electrons. The van der Waals surface area contributed by atoms with Crippen molar-refractivity contribution in [3.63, 3.8) is 0 Å². The van der Waals surface area contributed by atoms with Crippen LogP contribution in [-0.2, 0) is 0 Å². The molecule has 1 aromatic carbocycles. The molecule has 0 bridgehead atoms. The van der Waals surface area contributed by atoms with E-state index in [-0.39, 0.29) is 6.04 Å². The number of nitrogens with one attached hydrogen (secondary N) is 1. The molecule has 1 atom stereocenters. The predicted octanol–water partition coefficient (Wildman–Crippen LogP) is 3.11. The van der Waals surface area contributed by atoms with Gasteiger partial charge in [-0.05, 0) is 32.9 Å². The Morgan fingerprint density at radius 3 is 2.94 bits per heavy atom. The van der Waals surface area contributed by atoms with E-state index >= 15 is 0 Å². The summed E-state index contributed by atoms with van der Waals surface area (Å²) in [6, 6.07) is 8.19. The standard InChI is InChI=1S/C14H19N3O/c1-4-8-15-11(3)14-16-13(17-18-14)12-7-5-6-10(2)9-12/h5-7,9,11,15H,4,8H2,1-3H3. The molecule has 0 aliphatic rings. The van der Waals surface area contributed by atoms with Gasteiger partial charge >= 0.3 is 0 Å². The Hall–Kier alpha value is -1.68. The third kappa shape index (κ3) is 2.96. The van der Waals surface area contributed by atoms with Gasteiger partial charge in [0, 0.05) is 5.56 Å². The SMILES string of the molecule is CCCNC(C)c1nc(-c2cccc(C)c2)no1. The number of hydrogen-bond donors (Lipinski definition) is 1. The summed E-state index contributed by atoms with van der Waals surface area (Å²) in [5, 5.41) is 7.36. The lowest BCUT2D eigenvalue weighted by Crippen LogP contribution is -2.19. The second kappa shape index (κ2) is 5.78. The summed E-state index contributed by atoms with van der Waals surface area (Å²) in [6.07, 6.45) is 1.09. The average molecular weight is 245 g/mol. The molecule has 2 aromatic rings. The fraction of sp³-hybridized carbons (Fsp3) is 0.429. The van der Waals surface area contributed by atoms with Crippen molar-refractivity contribution >= 4 is 0 Å². The number of aryl methyl sites for hydroxylation is 1. The molecule has 1 unspecified atom stereocenters. The van der Waals surface area contributed by atoms with E-state index in [4.69, 9.17) is 4.52 Å².